The first-order valence-electron chi connectivity index (χ1n) is 14.5. The van der Waals surface area contributed by atoms with Crippen LogP contribution >= 0.6 is 0 Å². The maximum absolute atomic E-state index is 4.75. The molecule has 0 saturated heterocycles. The van der Waals surface area contributed by atoms with Gasteiger partial charge in [0, 0.05) is 62.3 Å². The first-order chi connectivity index (χ1) is 21.4. The van der Waals surface area contributed by atoms with Crippen molar-refractivity contribution in [1.29, 1.82) is 0 Å². The van der Waals surface area contributed by atoms with Crippen LogP contribution in [0.2, 0.25) is 0 Å². The molecule has 0 atom stereocenters. The highest BCUT2D eigenvalue weighted by Gasteiger charge is 2.22. The summed E-state index contributed by atoms with van der Waals surface area (Å²) in [7, 11) is 0. The molecular formula is C38H23N5. The summed E-state index contributed by atoms with van der Waals surface area (Å²) in [5.74, 6) is 0. The van der Waals surface area contributed by atoms with Gasteiger partial charge in [-0.3, -0.25) is 9.38 Å². The van der Waals surface area contributed by atoms with E-state index in [9.17, 15) is 0 Å². The summed E-state index contributed by atoms with van der Waals surface area (Å²) in [6.45, 7) is 0. The van der Waals surface area contributed by atoms with Gasteiger partial charge in [0.05, 0.1) is 27.6 Å². The SMILES string of the molecule is c1ccc(-n2c3ccccc3c3ccc4c5cc6c7cccnc7c7nccn7c6cc5n(-c5ccccc5)c4c32)cc1. The predicted molar refractivity (Wildman–Crippen MR) is 177 cm³/mol. The third kappa shape index (κ3) is 2.95. The number of hydrogen-bond donors (Lipinski definition) is 0. The van der Waals surface area contributed by atoms with Crippen LogP contribution in [0.25, 0.3) is 82.4 Å². The smallest absolute Gasteiger partial charge is 0.163 e. The van der Waals surface area contributed by atoms with Crippen LogP contribution in [-0.4, -0.2) is 23.5 Å². The standard InChI is InChI=1S/C38H23N5/c1-3-10-24(11-4-1)42-32-16-8-7-14-26(32)28-17-18-29-31-22-30-27-15-9-19-39-35(27)38-40-20-21-41(38)33(30)23-34(31)43(37(29)36(28)42)25-12-5-2-6-13-25/h1-23H. The van der Waals surface area contributed by atoms with Crippen molar-refractivity contribution in [2.24, 2.45) is 0 Å². The van der Waals surface area contributed by atoms with Crippen LogP contribution in [0.4, 0.5) is 0 Å². The Bertz CT molecular complexity index is 2710. The molecule has 5 aromatic heterocycles. The average molecular weight is 550 g/mol. The van der Waals surface area contributed by atoms with Gasteiger partial charge in [-0.15, -0.1) is 0 Å². The van der Waals surface area contributed by atoms with Gasteiger partial charge in [-0.1, -0.05) is 72.8 Å². The lowest BCUT2D eigenvalue weighted by Crippen LogP contribution is -1.98. The molecular weight excluding hydrogens is 526 g/mol. The molecule has 10 aromatic rings. The van der Waals surface area contributed by atoms with Crippen molar-refractivity contribution in [3.05, 3.63) is 140 Å². The molecule has 0 spiro atoms. The van der Waals surface area contributed by atoms with Crippen LogP contribution in [0.5, 0.6) is 0 Å². The van der Waals surface area contributed by atoms with E-state index in [0.29, 0.717) is 0 Å². The van der Waals surface area contributed by atoms with Crippen molar-refractivity contribution in [2.45, 2.75) is 0 Å². The van der Waals surface area contributed by atoms with E-state index < -0.39 is 0 Å². The lowest BCUT2D eigenvalue weighted by molar-refractivity contribution is 1.15. The fraction of sp³-hybridized carbons (Fsp3) is 0. The summed E-state index contributed by atoms with van der Waals surface area (Å²) < 4.78 is 7.05. The maximum atomic E-state index is 4.75. The van der Waals surface area contributed by atoms with E-state index >= 15 is 0 Å². The highest BCUT2D eigenvalue weighted by molar-refractivity contribution is 6.26. The lowest BCUT2D eigenvalue weighted by atomic mass is 10.0. The molecule has 0 radical (unpaired) electrons. The van der Waals surface area contributed by atoms with Crippen LogP contribution in [0.3, 0.4) is 0 Å². The Kier molecular flexibility index (Phi) is 4.39. The third-order valence-corrected chi connectivity index (χ3v) is 8.92. The van der Waals surface area contributed by atoms with Gasteiger partial charge in [0.2, 0.25) is 0 Å². The minimum absolute atomic E-state index is 0.872. The van der Waals surface area contributed by atoms with Crippen molar-refractivity contribution in [2.75, 3.05) is 0 Å². The molecule has 0 N–H and O–H groups in total. The van der Waals surface area contributed by atoms with E-state index in [4.69, 9.17) is 9.97 Å². The number of pyridine rings is 2. The highest BCUT2D eigenvalue weighted by atomic mass is 15.1. The number of imidazole rings is 1. The van der Waals surface area contributed by atoms with Crippen molar-refractivity contribution < 1.29 is 0 Å². The van der Waals surface area contributed by atoms with Crippen LogP contribution < -0.4 is 0 Å². The molecule has 5 heteroatoms. The van der Waals surface area contributed by atoms with Gasteiger partial charge < -0.3 is 9.13 Å². The normalized spacial score (nSPS) is 12.2. The molecule has 0 unspecified atom stereocenters. The van der Waals surface area contributed by atoms with Crippen molar-refractivity contribution in [3.8, 4) is 11.4 Å². The Balaban J connectivity index is 1.50. The molecule has 0 saturated carbocycles. The van der Waals surface area contributed by atoms with E-state index in [-0.39, 0.29) is 0 Å². The highest BCUT2D eigenvalue weighted by Crippen LogP contribution is 2.43. The predicted octanol–water partition coefficient (Wildman–Crippen LogP) is 9.23. The van der Waals surface area contributed by atoms with Gasteiger partial charge in [0.1, 0.15) is 5.52 Å². The zero-order chi connectivity index (χ0) is 28.1. The summed E-state index contributed by atoms with van der Waals surface area (Å²) >= 11 is 0. The third-order valence-electron chi connectivity index (χ3n) is 8.92. The number of nitrogens with zero attached hydrogens (tertiary/aromatic N) is 5. The van der Waals surface area contributed by atoms with E-state index in [1.807, 2.05) is 24.7 Å². The van der Waals surface area contributed by atoms with Crippen LogP contribution in [0.1, 0.15) is 0 Å². The second-order valence-electron chi connectivity index (χ2n) is 11.1. The Morgan fingerprint density at radius 3 is 1.81 bits per heavy atom. The quantitative estimate of drug-likeness (QED) is 0.202. The zero-order valence-electron chi connectivity index (χ0n) is 23.0. The Hall–Kier alpha value is -5.94. The van der Waals surface area contributed by atoms with Crippen molar-refractivity contribution in [1.82, 2.24) is 23.5 Å². The Morgan fingerprint density at radius 2 is 1.05 bits per heavy atom. The van der Waals surface area contributed by atoms with E-state index in [2.05, 4.69) is 129 Å². The Labute approximate surface area is 245 Å². The number of aromatic nitrogens is 5. The first kappa shape index (κ1) is 22.7. The van der Waals surface area contributed by atoms with Gasteiger partial charge in [-0.25, -0.2) is 4.98 Å². The fourth-order valence-electron chi connectivity index (χ4n) is 7.16. The fourth-order valence-corrected chi connectivity index (χ4v) is 7.16. The minimum Gasteiger partial charge on any atom is -0.307 e. The van der Waals surface area contributed by atoms with Crippen LogP contribution in [-0.2, 0) is 0 Å². The number of fused-ring (bicyclic) bond motifs is 13. The second-order valence-corrected chi connectivity index (χ2v) is 11.1. The van der Waals surface area contributed by atoms with E-state index in [1.54, 1.807) is 0 Å². The summed E-state index contributed by atoms with van der Waals surface area (Å²) in [5, 5.41) is 7.19. The summed E-state index contributed by atoms with van der Waals surface area (Å²) in [6.07, 6.45) is 5.75. The molecule has 200 valence electrons. The molecule has 5 heterocycles. The molecule has 5 nitrogen and oxygen atoms in total. The molecule has 10 rings (SSSR count). The average Bonchev–Trinajstić information content (AvgIpc) is 3.78. The maximum Gasteiger partial charge on any atom is 0.163 e. The molecule has 0 aliphatic carbocycles. The first-order valence-corrected chi connectivity index (χ1v) is 14.5. The molecule has 0 fully saturated rings. The van der Waals surface area contributed by atoms with Crippen molar-refractivity contribution in [3.63, 3.8) is 0 Å². The summed E-state index contributed by atoms with van der Waals surface area (Å²) in [5.41, 5.74) is 9.92. The molecule has 0 aliphatic rings. The van der Waals surface area contributed by atoms with Gasteiger partial charge in [-0.05, 0) is 48.5 Å². The van der Waals surface area contributed by atoms with E-state index in [0.717, 1.165) is 44.3 Å². The molecule has 0 aliphatic heterocycles. The zero-order valence-corrected chi connectivity index (χ0v) is 23.0. The van der Waals surface area contributed by atoms with E-state index in [1.165, 1.54) is 38.1 Å². The number of para-hydroxylation sites is 3. The van der Waals surface area contributed by atoms with Crippen LogP contribution in [0, 0.1) is 0 Å². The van der Waals surface area contributed by atoms with Crippen molar-refractivity contribution >= 4 is 71.1 Å². The topological polar surface area (TPSA) is 40.1 Å². The Morgan fingerprint density at radius 1 is 0.419 bits per heavy atom. The van der Waals surface area contributed by atoms with Crippen LogP contribution in [0.15, 0.2) is 140 Å². The summed E-state index contributed by atoms with van der Waals surface area (Å²) in [6, 6.07) is 43.6. The number of hydrogen-bond acceptors (Lipinski definition) is 2. The van der Waals surface area contributed by atoms with Gasteiger partial charge >= 0.3 is 0 Å². The number of rotatable bonds is 2. The molecule has 0 bridgehead atoms. The summed E-state index contributed by atoms with van der Waals surface area (Å²) in [4.78, 5) is 9.45. The van der Waals surface area contributed by atoms with Gasteiger partial charge in [-0.2, -0.15) is 0 Å². The van der Waals surface area contributed by atoms with Gasteiger partial charge in [0.25, 0.3) is 0 Å². The molecule has 43 heavy (non-hydrogen) atoms. The second kappa shape index (κ2) is 8.30. The lowest BCUT2D eigenvalue weighted by Gasteiger charge is -2.13. The molecule has 5 aromatic carbocycles. The largest absolute Gasteiger partial charge is 0.307 e. The van der Waals surface area contributed by atoms with Gasteiger partial charge in [0.15, 0.2) is 5.65 Å². The molecule has 0 amide bonds. The number of benzene rings is 5. The minimum atomic E-state index is 0.872. The monoisotopic (exact) mass is 549 g/mol.